The number of nitrogen functional groups attached to an aromatic ring is 1. The lowest BCUT2D eigenvalue weighted by Gasteiger charge is -2.06. The van der Waals surface area contributed by atoms with Gasteiger partial charge in [0.1, 0.15) is 5.82 Å². The van der Waals surface area contributed by atoms with Crippen LogP contribution in [0.5, 0.6) is 0 Å². The molecule has 0 saturated heterocycles. The van der Waals surface area contributed by atoms with Gasteiger partial charge in [0.05, 0.1) is 0 Å². The molecule has 0 saturated carbocycles. The zero-order valence-corrected chi connectivity index (χ0v) is 8.30. The van der Waals surface area contributed by atoms with Gasteiger partial charge in [-0.15, -0.1) is 0 Å². The first-order valence-electron chi connectivity index (χ1n) is 4.65. The molecule has 0 aliphatic rings. The maximum Gasteiger partial charge on any atom is 0.127 e. The molecule has 0 aliphatic heterocycles. The minimum absolute atomic E-state index is 0.634. The Balaban J connectivity index is 2.59. The number of rotatable bonds is 4. The molecule has 0 aromatic carbocycles. The van der Waals surface area contributed by atoms with E-state index in [1.807, 2.05) is 6.92 Å². The van der Waals surface area contributed by atoms with Crippen molar-refractivity contribution in [2.45, 2.75) is 26.8 Å². The molecule has 0 atom stereocenters. The third-order valence-electron chi connectivity index (χ3n) is 1.88. The molecule has 1 rings (SSSR count). The fraction of sp³-hybridized carbons (Fsp3) is 0.500. The van der Waals surface area contributed by atoms with E-state index >= 15 is 0 Å². The van der Waals surface area contributed by atoms with Crippen molar-refractivity contribution in [1.29, 1.82) is 0 Å². The molecule has 0 unspecified atom stereocenters. The zero-order valence-electron chi connectivity index (χ0n) is 8.30. The molecule has 1 aromatic rings. The van der Waals surface area contributed by atoms with Gasteiger partial charge < -0.3 is 11.1 Å². The molecule has 0 radical (unpaired) electrons. The Morgan fingerprint density at radius 2 is 2.31 bits per heavy atom. The van der Waals surface area contributed by atoms with Crippen LogP contribution in [-0.4, -0.2) is 11.5 Å². The lowest BCUT2D eigenvalue weighted by atomic mass is 10.2. The maximum atomic E-state index is 5.72. The minimum Gasteiger partial charge on any atom is -0.383 e. The zero-order chi connectivity index (χ0) is 9.68. The molecule has 0 spiro atoms. The summed E-state index contributed by atoms with van der Waals surface area (Å²) in [6.07, 6.45) is 2.93. The van der Waals surface area contributed by atoms with Crippen molar-refractivity contribution < 1.29 is 0 Å². The van der Waals surface area contributed by atoms with Crippen molar-refractivity contribution >= 4 is 5.82 Å². The average molecular weight is 179 g/mol. The molecule has 0 bridgehead atoms. The van der Waals surface area contributed by atoms with Crippen LogP contribution in [0.3, 0.4) is 0 Å². The first kappa shape index (κ1) is 9.99. The Morgan fingerprint density at radius 1 is 1.54 bits per heavy atom. The van der Waals surface area contributed by atoms with Crippen LogP contribution in [0, 0.1) is 6.92 Å². The number of hydrogen-bond donors (Lipinski definition) is 2. The van der Waals surface area contributed by atoms with Crippen LogP contribution in [0.1, 0.15) is 24.5 Å². The van der Waals surface area contributed by atoms with Gasteiger partial charge in [-0.3, -0.25) is 0 Å². The van der Waals surface area contributed by atoms with E-state index < -0.39 is 0 Å². The Hall–Kier alpha value is -1.09. The molecule has 0 amide bonds. The van der Waals surface area contributed by atoms with Gasteiger partial charge in [-0.05, 0) is 31.5 Å². The normalized spacial score (nSPS) is 10.3. The van der Waals surface area contributed by atoms with Crippen LogP contribution in [0.4, 0.5) is 5.82 Å². The van der Waals surface area contributed by atoms with E-state index in [9.17, 15) is 0 Å². The highest BCUT2D eigenvalue weighted by atomic mass is 14.9. The highest BCUT2D eigenvalue weighted by Gasteiger charge is 1.99. The van der Waals surface area contributed by atoms with E-state index in [2.05, 4.69) is 23.3 Å². The molecule has 0 fully saturated rings. The number of anilines is 1. The summed E-state index contributed by atoms with van der Waals surface area (Å²) in [7, 11) is 0. The third-order valence-corrected chi connectivity index (χ3v) is 1.88. The van der Waals surface area contributed by atoms with Crippen molar-refractivity contribution in [3.05, 3.63) is 23.4 Å². The van der Waals surface area contributed by atoms with Gasteiger partial charge in [0.25, 0.3) is 0 Å². The minimum atomic E-state index is 0.634. The second-order valence-electron chi connectivity index (χ2n) is 3.23. The van der Waals surface area contributed by atoms with Crippen LogP contribution >= 0.6 is 0 Å². The summed E-state index contributed by atoms with van der Waals surface area (Å²) in [5.74, 6) is 0.634. The summed E-state index contributed by atoms with van der Waals surface area (Å²) in [6.45, 7) is 6.00. The van der Waals surface area contributed by atoms with Crippen molar-refractivity contribution in [1.82, 2.24) is 10.3 Å². The van der Waals surface area contributed by atoms with E-state index in [-0.39, 0.29) is 0 Å². The second-order valence-corrected chi connectivity index (χ2v) is 3.23. The van der Waals surface area contributed by atoms with Crippen molar-refractivity contribution in [2.75, 3.05) is 12.3 Å². The fourth-order valence-corrected chi connectivity index (χ4v) is 1.18. The molecule has 72 valence electrons. The number of nitrogens with one attached hydrogen (secondary N) is 1. The van der Waals surface area contributed by atoms with Gasteiger partial charge in [-0.1, -0.05) is 6.92 Å². The molecule has 1 heterocycles. The summed E-state index contributed by atoms with van der Waals surface area (Å²) in [5.41, 5.74) is 7.97. The Morgan fingerprint density at radius 3 is 3.00 bits per heavy atom. The first-order valence-corrected chi connectivity index (χ1v) is 4.65. The van der Waals surface area contributed by atoms with Gasteiger partial charge in [-0.2, -0.15) is 0 Å². The Bertz CT molecular complexity index is 271. The monoisotopic (exact) mass is 179 g/mol. The SMILES string of the molecule is CCCNCc1cc(C)cnc1N. The molecule has 3 nitrogen and oxygen atoms in total. The molecular weight excluding hydrogens is 162 g/mol. The Kier molecular flexibility index (Phi) is 3.71. The third kappa shape index (κ3) is 3.03. The number of hydrogen-bond acceptors (Lipinski definition) is 3. The van der Waals surface area contributed by atoms with Gasteiger partial charge >= 0.3 is 0 Å². The number of aromatic nitrogens is 1. The average Bonchev–Trinajstić information content (AvgIpc) is 2.11. The summed E-state index contributed by atoms with van der Waals surface area (Å²) in [5, 5.41) is 3.30. The van der Waals surface area contributed by atoms with Gasteiger partial charge in [0.2, 0.25) is 0 Å². The molecular formula is C10H17N3. The molecule has 3 N–H and O–H groups in total. The van der Waals surface area contributed by atoms with Crippen molar-refractivity contribution in [3.8, 4) is 0 Å². The summed E-state index contributed by atoms with van der Waals surface area (Å²) in [6, 6.07) is 2.07. The number of nitrogens with two attached hydrogens (primary N) is 1. The van der Waals surface area contributed by atoms with Crippen LogP contribution in [-0.2, 0) is 6.54 Å². The first-order chi connectivity index (χ1) is 6.24. The van der Waals surface area contributed by atoms with Gasteiger partial charge in [0, 0.05) is 18.3 Å². The lowest BCUT2D eigenvalue weighted by molar-refractivity contribution is 0.675. The van der Waals surface area contributed by atoms with Gasteiger partial charge in [0.15, 0.2) is 0 Å². The Labute approximate surface area is 79.4 Å². The standard InChI is InChI=1S/C10H17N3/c1-3-4-12-7-9-5-8(2)6-13-10(9)11/h5-6,12H,3-4,7H2,1-2H3,(H2,11,13). The van der Waals surface area contributed by atoms with E-state index in [0.29, 0.717) is 5.82 Å². The highest BCUT2D eigenvalue weighted by Crippen LogP contribution is 2.09. The van der Waals surface area contributed by atoms with Crippen LogP contribution < -0.4 is 11.1 Å². The predicted molar refractivity (Wildman–Crippen MR) is 55.4 cm³/mol. The molecule has 0 aliphatic carbocycles. The van der Waals surface area contributed by atoms with E-state index in [1.54, 1.807) is 6.20 Å². The predicted octanol–water partition coefficient (Wildman–Crippen LogP) is 1.47. The lowest BCUT2D eigenvalue weighted by Crippen LogP contribution is -2.15. The van der Waals surface area contributed by atoms with Crippen molar-refractivity contribution in [2.24, 2.45) is 0 Å². The van der Waals surface area contributed by atoms with Crippen LogP contribution in [0.2, 0.25) is 0 Å². The van der Waals surface area contributed by atoms with Gasteiger partial charge in [-0.25, -0.2) is 4.98 Å². The van der Waals surface area contributed by atoms with Crippen LogP contribution in [0.25, 0.3) is 0 Å². The van der Waals surface area contributed by atoms with Crippen LogP contribution in [0.15, 0.2) is 12.3 Å². The fourth-order valence-electron chi connectivity index (χ4n) is 1.18. The molecule has 1 aromatic heterocycles. The maximum absolute atomic E-state index is 5.72. The number of aryl methyl sites for hydroxylation is 1. The van der Waals surface area contributed by atoms with Crippen molar-refractivity contribution in [3.63, 3.8) is 0 Å². The van der Waals surface area contributed by atoms with E-state index in [0.717, 1.165) is 30.6 Å². The summed E-state index contributed by atoms with van der Waals surface area (Å²) < 4.78 is 0. The number of pyridine rings is 1. The summed E-state index contributed by atoms with van der Waals surface area (Å²) in [4.78, 5) is 4.10. The quantitative estimate of drug-likeness (QED) is 0.688. The number of nitrogens with zero attached hydrogens (tertiary/aromatic N) is 1. The summed E-state index contributed by atoms with van der Waals surface area (Å²) >= 11 is 0. The highest BCUT2D eigenvalue weighted by molar-refractivity contribution is 5.40. The van der Waals surface area contributed by atoms with E-state index in [1.165, 1.54) is 0 Å². The topological polar surface area (TPSA) is 50.9 Å². The largest absolute Gasteiger partial charge is 0.383 e. The molecule has 13 heavy (non-hydrogen) atoms. The molecule has 3 heteroatoms. The smallest absolute Gasteiger partial charge is 0.127 e. The second kappa shape index (κ2) is 4.82. The van der Waals surface area contributed by atoms with E-state index in [4.69, 9.17) is 5.73 Å².